The van der Waals surface area contributed by atoms with E-state index >= 15 is 0 Å². The first-order valence-corrected chi connectivity index (χ1v) is 5.37. The van der Waals surface area contributed by atoms with Gasteiger partial charge in [-0.15, -0.1) is 0 Å². The van der Waals surface area contributed by atoms with Crippen molar-refractivity contribution in [1.82, 2.24) is 10.6 Å². The minimum Gasteiger partial charge on any atom is -0.480 e. The normalized spacial score (nSPS) is 35.1. The highest BCUT2D eigenvalue weighted by molar-refractivity contribution is 5.87. The van der Waals surface area contributed by atoms with E-state index < -0.39 is 12.0 Å². The van der Waals surface area contributed by atoms with Crippen molar-refractivity contribution in [2.75, 3.05) is 0 Å². The fourth-order valence-electron chi connectivity index (χ4n) is 2.52. The molecule has 1 amide bonds. The van der Waals surface area contributed by atoms with Crippen LogP contribution < -0.4 is 10.6 Å². The van der Waals surface area contributed by atoms with Gasteiger partial charge in [0.2, 0.25) is 5.91 Å². The summed E-state index contributed by atoms with van der Waals surface area (Å²) in [6.45, 7) is 1.48. The van der Waals surface area contributed by atoms with Gasteiger partial charge in [0.05, 0.1) is 6.04 Å². The Kier molecular flexibility index (Phi) is 2.65. The van der Waals surface area contributed by atoms with E-state index in [0.29, 0.717) is 12.0 Å². The zero-order valence-electron chi connectivity index (χ0n) is 8.69. The van der Waals surface area contributed by atoms with Gasteiger partial charge >= 0.3 is 5.97 Å². The zero-order valence-corrected chi connectivity index (χ0v) is 8.69. The maximum atomic E-state index is 11.7. The Morgan fingerprint density at radius 3 is 2.67 bits per heavy atom. The van der Waals surface area contributed by atoms with Crippen LogP contribution in [0.3, 0.4) is 0 Å². The third kappa shape index (κ3) is 1.97. The molecule has 2 rings (SSSR count). The zero-order chi connectivity index (χ0) is 11.0. The number of carboxylic acids is 1. The lowest BCUT2D eigenvalue weighted by Crippen LogP contribution is -2.51. The summed E-state index contributed by atoms with van der Waals surface area (Å²) in [5.74, 6) is -0.764. The molecule has 0 aromatic heterocycles. The largest absolute Gasteiger partial charge is 0.480 e. The van der Waals surface area contributed by atoms with Crippen molar-refractivity contribution in [3.05, 3.63) is 0 Å². The van der Waals surface area contributed by atoms with Crippen molar-refractivity contribution >= 4 is 11.9 Å². The standard InChI is InChI=1S/C10H16N2O3/c1-5(10(14)15)11-9(13)8-6-2-3-7(4-6)12-8/h5-8,12H,2-4H2,1H3,(H,11,13)(H,14,15)/t5-,6-,7+,8-/m0/s1. The van der Waals surface area contributed by atoms with E-state index in [9.17, 15) is 9.59 Å². The van der Waals surface area contributed by atoms with Crippen molar-refractivity contribution in [1.29, 1.82) is 0 Å². The van der Waals surface area contributed by atoms with Crippen LogP contribution in [0.4, 0.5) is 0 Å². The minimum atomic E-state index is -0.994. The number of aliphatic carboxylic acids is 1. The summed E-state index contributed by atoms with van der Waals surface area (Å²) in [5.41, 5.74) is 0. The van der Waals surface area contributed by atoms with E-state index in [-0.39, 0.29) is 11.9 Å². The van der Waals surface area contributed by atoms with Crippen molar-refractivity contribution in [3.63, 3.8) is 0 Å². The summed E-state index contributed by atoms with van der Waals surface area (Å²) in [6.07, 6.45) is 3.28. The molecular weight excluding hydrogens is 196 g/mol. The van der Waals surface area contributed by atoms with Gasteiger partial charge in [0, 0.05) is 6.04 Å². The number of piperidine rings is 1. The highest BCUT2D eigenvalue weighted by Gasteiger charge is 2.43. The predicted molar refractivity (Wildman–Crippen MR) is 53.3 cm³/mol. The highest BCUT2D eigenvalue weighted by Crippen LogP contribution is 2.35. The maximum absolute atomic E-state index is 11.7. The van der Waals surface area contributed by atoms with E-state index in [0.717, 1.165) is 19.3 Å². The first-order valence-electron chi connectivity index (χ1n) is 5.37. The van der Waals surface area contributed by atoms with Crippen LogP contribution in [0.5, 0.6) is 0 Å². The molecule has 2 aliphatic rings. The second-order valence-corrected chi connectivity index (χ2v) is 4.48. The minimum absolute atomic E-state index is 0.169. The predicted octanol–water partition coefficient (Wildman–Crippen LogP) is -0.284. The molecule has 0 aromatic carbocycles. The van der Waals surface area contributed by atoms with Gasteiger partial charge in [-0.05, 0) is 32.1 Å². The lowest BCUT2D eigenvalue weighted by Gasteiger charge is -2.23. The second-order valence-electron chi connectivity index (χ2n) is 4.48. The molecule has 0 radical (unpaired) electrons. The Hall–Kier alpha value is -1.10. The van der Waals surface area contributed by atoms with Crippen LogP contribution in [0.15, 0.2) is 0 Å². The summed E-state index contributed by atoms with van der Waals surface area (Å²) in [4.78, 5) is 22.3. The van der Waals surface area contributed by atoms with Crippen molar-refractivity contribution in [3.8, 4) is 0 Å². The number of carbonyl (C=O) groups is 2. The van der Waals surface area contributed by atoms with Gasteiger partial charge < -0.3 is 15.7 Å². The Morgan fingerprint density at radius 2 is 2.20 bits per heavy atom. The molecule has 0 unspecified atom stereocenters. The molecule has 4 atom stereocenters. The Bertz CT molecular complexity index is 292. The van der Waals surface area contributed by atoms with Crippen LogP contribution in [0.2, 0.25) is 0 Å². The summed E-state index contributed by atoms with van der Waals surface area (Å²) < 4.78 is 0. The molecule has 15 heavy (non-hydrogen) atoms. The van der Waals surface area contributed by atoms with E-state index in [4.69, 9.17) is 5.11 Å². The number of fused-ring (bicyclic) bond motifs is 2. The molecule has 2 fully saturated rings. The van der Waals surface area contributed by atoms with Gasteiger partial charge in [-0.1, -0.05) is 0 Å². The van der Waals surface area contributed by atoms with E-state index in [2.05, 4.69) is 10.6 Å². The van der Waals surface area contributed by atoms with Gasteiger partial charge in [-0.2, -0.15) is 0 Å². The quantitative estimate of drug-likeness (QED) is 0.601. The average molecular weight is 212 g/mol. The molecule has 3 N–H and O–H groups in total. The van der Waals surface area contributed by atoms with E-state index in [1.54, 1.807) is 0 Å². The number of rotatable bonds is 3. The third-order valence-corrected chi connectivity index (χ3v) is 3.37. The Balaban J connectivity index is 1.89. The van der Waals surface area contributed by atoms with Gasteiger partial charge in [0.25, 0.3) is 0 Å². The highest BCUT2D eigenvalue weighted by atomic mass is 16.4. The summed E-state index contributed by atoms with van der Waals surface area (Å²) in [6, 6.07) is -0.519. The number of carbonyl (C=O) groups excluding carboxylic acids is 1. The van der Waals surface area contributed by atoms with Gasteiger partial charge in [0.1, 0.15) is 6.04 Å². The molecule has 0 aromatic rings. The van der Waals surface area contributed by atoms with Crippen molar-refractivity contribution in [2.45, 2.75) is 44.3 Å². The smallest absolute Gasteiger partial charge is 0.325 e. The monoisotopic (exact) mass is 212 g/mol. The maximum Gasteiger partial charge on any atom is 0.325 e. The van der Waals surface area contributed by atoms with Gasteiger partial charge in [-0.25, -0.2) is 0 Å². The average Bonchev–Trinajstić information content (AvgIpc) is 2.78. The molecule has 1 heterocycles. The van der Waals surface area contributed by atoms with Gasteiger partial charge in [0.15, 0.2) is 0 Å². The van der Waals surface area contributed by atoms with E-state index in [1.807, 2.05) is 0 Å². The molecule has 1 saturated heterocycles. The second kappa shape index (κ2) is 3.81. The number of carboxylic acid groups (broad SMARTS) is 1. The summed E-state index contributed by atoms with van der Waals surface area (Å²) in [5, 5.41) is 14.4. The van der Waals surface area contributed by atoms with Crippen LogP contribution >= 0.6 is 0 Å². The SMILES string of the molecule is C[C@H](NC(=O)[C@H]1N[C@@H]2CC[C@H]1C2)C(=O)O. The molecule has 5 nitrogen and oxygen atoms in total. The fraction of sp³-hybridized carbons (Fsp3) is 0.800. The van der Waals surface area contributed by atoms with Crippen molar-refractivity contribution in [2.24, 2.45) is 5.92 Å². The topological polar surface area (TPSA) is 78.4 Å². The van der Waals surface area contributed by atoms with Crippen LogP contribution in [-0.4, -0.2) is 35.1 Å². The molecule has 1 saturated carbocycles. The molecule has 1 aliphatic carbocycles. The molecule has 5 heteroatoms. The fourth-order valence-corrected chi connectivity index (χ4v) is 2.52. The molecule has 0 spiro atoms. The Morgan fingerprint density at radius 1 is 1.47 bits per heavy atom. The molecule has 2 bridgehead atoms. The Labute approximate surface area is 88.2 Å². The first kappa shape index (κ1) is 10.4. The van der Waals surface area contributed by atoms with Crippen molar-refractivity contribution < 1.29 is 14.7 Å². The molecule has 1 aliphatic heterocycles. The number of hydrogen-bond acceptors (Lipinski definition) is 3. The van der Waals surface area contributed by atoms with Crippen LogP contribution in [0, 0.1) is 5.92 Å². The van der Waals surface area contributed by atoms with Crippen LogP contribution in [0.1, 0.15) is 26.2 Å². The summed E-state index contributed by atoms with van der Waals surface area (Å²) in [7, 11) is 0. The summed E-state index contributed by atoms with van der Waals surface area (Å²) >= 11 is 0. The lowest BCUT2D eigenvalue weighted by atomic mass is 9.99. The molecular formula is C10H16N2O3. The lowest BCUT2D eigenvalue weighted by molar-refractivity contribution is -0.141. The van der Waals surface area contributed by atoms with Gasteiger partial charge in [-0.3, -0.25) is 9.59 Å². The van der Waals surface area contributed by atoms with Crippen LogP contribution in [0.25, 0.3) is 0 Å². The number of amides is 1. The molecule has 84 valence electrons. The van der Waals surface area contributed by atoms with Crippen LogP contribution in [-0.2, 0) is 9.59 Å². The van der Waals surface area contributed by atoms with E-state index in [1.165, 1.54) is 6.92 Å². The number of nitrogens with one attached hydrogen (secondary N) is 2. The first-order chi connectivity index (χ1) is 7.08. The number of hydrogen-bond donors (Lipinski definition) is 3. The third-order valence-electron chi connectivity index (χ3n) is 3.37.